The van der Waals surface area contributed by atoms with Crippen LogP contribution in [0.3, 0.4) is 0 Å². The second kappa shape index (κ2) is 5.98. The quantitative estimate of drug-likeness (QED) is 0.908. The van der Waals surface area contributed by atoms with E-state index in [1.54, 1.807) is 43.3 Å². The van der Waals surface area contributed by atoms with Gasteiger partial charge in [-0.3, -0.25) is 9.10 Å². The van der Waals surface area contributed by atoms with Crippen LogP contribution in [0.1, 0.15) is 17.5 Å². The number of hydrogen-bond acceptors (Lipinski definition) is 4. The molecule has 1 aliphatic rings. The van der Waals surface area contributed by atoms with Crippen molar-refractivity contribution >= 4 is 27.3 Å². The lowest BCUT2D eigenvalue weighted by Crippen LogP contribution is -2.32. The number of nitrogens with one attached hydrogen (secondary N) is 1. The summed E-state index contributed by atoms with van der Waals surface area (Å²) >= 11 is 0. The first kappa shape index (κ1) is 16.0. The summed E-state index contributed by atoms with van der Waals surface area (Å²) < 4.78 is 27.6. The van der Waals surface area contributed by atoms with Crippen LogP contribution in [-0.4, -0.2) is 20.9 Å². The molecule has 0 atom stereocenters. The fourth-order valence-corrected chi connectivity index (χ4v) is 4.39. The van der Waals surface area contributed by atoms with E-state index in [0.29, 0.717) is 16.9 Å². The van der Waals surface area contributed by atoms with Crippen LogP contribution in [-0.2, 0) is 14.8 Å². The third kappa shape index (κ3) is 2.72. The summed E-state index contributed by atoms with van der Waals surface area (Å²) in [6.07, 6.45) is 0.0604. The van der Waals surface area contributed by atoms with E-state index < -0.39 is 10.0 Å². The number of nitrogens with zero attached hydrogens (tertiary/aromatic N) is 2. The molecule has 2 aromatic carbocycles. The molecule has 3 rings (SSSR count). The Morgan fingerprint density at radius 3 is 2.71 bits per heavy atom. The molecule has 0 radical (unpaired) electrons. The van der Waals surface area contributed by atoms with Gasteiger partial charge in [-0.1, -0.05) is 18.2 Å². The highest BCUT2D eigenvalue weighted by Gasteiger charge is 2.31. The van der Waals surface area contributed by atoms with Crippen molar-refractivity contribution in [2.24, 2.45) is 0 Å². The summed E-state index contributed by atoms with van der Waals surface area (Å²) in [5.74, 6) is -0.234. The number of para-hydroxylation sites is 2. The van der Waals surface area contributed by atoms with Gasteiger partial charge < -0.3 is 5.32 Å². The van der Waals surface area contributed by atoms with Crippen LogP contribution in [0, 0.1) is 18.3 Å². The Labute approximate surface area is 140 Å². The minimum Gasteiger partial charge on any atom is -0.324 e. The van der Waals surface area contributed by atoms with E-state index in [2.05, 4.69) is 5.32 Å². The van der Waals surface area contributed by atoms with Gasteiger partial charge in [0, 0.05) is 13.0 Å². The Morgan fingerprint density at radius 1 is 1.21 bits per heavy atom. The van der Waals surface area contributed by atoms with Crippen LogP contribution in [0.5, 0.6) is 0 Å². The highest BCUT2D eigenvalue weighted by molar-refractivity contribution is 7.93. The molecule has 0 saturated heterocycles. The number of anilines is 2. The number of rotatable bonds is 2. The normalized spacial score (nSPS) is 14.3. The van der Waals surface area contributed by atoms with Crippen LogP contribution in [0.15, 0.2) is 47.4 Å². The van der Waals surface area contributed by atoms with Crippen LogP contribution >= 0.6 is 0 Å². The summed E-state index contributed by atoms with van der Waals surface area (Å²) in [6.45, 7) is 1.72. The fraction of sp³-hybridized carbons (Fsp3) is 0.176. The zero-order valence-corrected chi connectivity index (χ0v) is 13.8. The highest BCUT2D eigenvalue weighted by atomic mass is 32.2. The van der Waals surface area contributed by atoms with E-state index in [-0.39, 0.29) is 29.3 Å². The van der Waals surface area contributed by atoms with Gasteiger partial charge in [0.15, 0.2) is 0 Å². The monoisotopic (exact) mass is 341 g/mol. The van der Waals surface area contributed by atoms with Crippen molar-refractivity contribution in [3.63, 3.8) is 0 Å². The summed E-state index contributed by atoms with van der Waals surface area (Å²) in [4.78, 5) is 11.9. The van der Waals surface area contributed by atoms with Gasteiger partial charge in [-0.05, 0) is 36.8 Å². The SMILES string of the molecule is Cc1ccc(C#N)cc1S(=O)(=O)N1CCC(=O)Nc2ccccc21. The molecule has 2 aromatic rings. The van der Waals surface area contributed by atoms with Gasteiger partial charge in [0.1, 0.15) is 0 Å². The third-order valence-corrected chi connectivity index (χ3v) is 5.83. The van der Waals surface area contributed by atoms with Crippen LogP contribution < -0.4 is 9.62 Å². The summed E-state index contributed by atoms with van der Waals surface area (Å²) in [5, 5.41) is 11.8. The maximum Gasteiger partial charge on any atom is 0.264 e. The minimum atomic E-state index is -3.90. The molecule has 0 saturated carbocycles. The van der Waals surface area contributed by atoms with Crippen molar-refractivity contribution in [3.05, 3.63) is 53.6 Å². The molecule has 0 unspecified atom stereocenters. The molecule has 0 aliphatic carbocycles. The molecular formula is C17H15N3O3S. The number of hydrogen-bond donors (Lipinski definition) is 1. The summed E-state index contributed by atoms with van der Waals surface area (Å²) in [6, 6.07) is 13.3. The maximum atomic E-state index is 13.2. The van der Waals surface area contributed by atoms with E-state index in [9.17, 15) is 13.2 Å². The molecule has 0 aromatic heterocycles. The first-order chi connectivity index (χ1) is 11.4. The molecule has 1 amide bonds. The lowest BCUT2D eigenvalue weighted by Gasteiger charge is -2.24. The molecule has 6 nitrogen and oxygen atoms in total. The standard InChI is InChI=1S/C17H15N3O3S/c1-12-6-7-13(11-18)10-16(12)24(22,23)20-9-8-17(21)19-14-4-2-3-5-15(14)20/h2-7,10H,8-9H2,1H3,(H,19,21). The average Bonchev–Trinajstić information content (AvgIpc) is 2.73. The Morgan fingerprint density at radius 2 is 1.96 bits per heavy atom. The van der Waals surface area contributed by atoms with Gasteiger partial charge in [0.05, 0.1) is 27.9 Å². The molecule has 0 bridgehead atoms. The second-order valence-corrected chi connectivity index (χ2v) is 7.32. The highest BCUT2D eigenvalue weighted by Crippen LogP contribution is 2.33. The van der Waals surface area contributed by atoms with Crippen molar-refractivity contribution in [1.82, 2.24) is 0 Å². The van der Waals surface area contributed by atoms with Gasteiger partial charge in [-0.15, -0.1) is 0 Å². The van der Waals surface area contributed by atoms with Gasteiger partial charge in [0.25, 0.3) is 10.0 Å². The first-order valence-corrected chi connectivity index (χ1v) is 8.80. The number of nitriles is 1. The topological polar surface area (TPSA) is 90.3 Å². The van der Waals surface area contributed by atoms with Crippen molar-refractivity contribution in [1.29, 1.82) is 5.26 Å². The molecule has 1 heterocycles. The van der Waals surface area contributed by atoms with Crippen molar-refractivity contribution in [2.75, 3.05) is 16.2 Å². The molecular weight excluding hydrogens is 326 g/mol. The number of carbonyl (C=O) groups excluding carboxylic acids is 1. The number of sulfonamides is 1. The first-order valence-electron chi connectivity index (χ1n) is 7.36. The predicted octanol–water partition coefficient (Wildman–Crippen LogP) is 2.40. The van der Waals surface area contributed by atoms with Crippen LogP contribution in [0.2, 0.25) is 0 Å². The number of fused-ring (bicyclic) bond motifs is 1. The zero-order chi connectivity index (χ0) is 17.3. The van der Waals surface area contributed by atoms with Gasteiger partial charge in [-0.2, -0.15) is 5.26 Å². The van der Waals surface area contributed by atoms with Crippen LogP contribution in [0.4, 0.5) is 11.4 Å². The smallest absolute Gasteiger partial charge is 0.264 e. The minimum absolute atomic E-state index is 0.0431. The number of benzene rings is 2. The lowest BCUT2D eigenvalue weighted by atomic mass is 10.2. The number of carbonyl (C=O) groups is 1. The molecule has 122 valence electrons. The van der Waals surface area contributed by atoms with Crippen molar-refractivity contribution < 1.29 is 13.2 Å². The van der Waals surface area contributed by atoms with Crippen LogP contribution in [0.25, 0.3) is 0 Å². The summed E-state index contributed by atoms with van der Waals surface area (Å²) in [7, 11) is -3.90. The number of amides is 1. The zero-order valence-electron chi connectivity index (χ0n) is 13.0. The second-order valence-electron chi connectivity index (χ2n) is 5.48. The Bertz CT molecular complexity index is 961. The van der Waals surface area contributed by atoms with Gasteiger partial charge >= 0.3 is 0 Å². The largest absolute Gasteiger partial charge is 0.324 e. The van der Waals surface area contributed by atoms with Crippen molar-refractivity contribution in [2.45, 2.75) is 18.2 Å². The van der Waals surface area contributed by atoms with E-state index in [1.807, 2.05) is 6.07 Å². The van der Waals surface area contributed by atoms with E-state index in [0.717, 1.165) is 0 Å². The van der Waals surface area contributed by atoms with Gasteiger partial charge in [-0.25, -0.2) is 8.42 Å². The van der Waals surface area contributed by atoms with Gasteiger partial charge in [0.2, 0.25) is 5.91 Å². The molecule has 1 N–H and O–H groups in total. The van der Waals surface area contributed by atoms with E-state index in [1.165, 1.54) is 10.4 Å². The molecule has 0 fully saturated rings. The third-order valence-electron chi connectivity index (χ3n) is 3.87. The Kier molecular flexibility index (Phi) is 3.99. The Balaban J connectivity index is 2.17. The van der Waals surface area contributed by atoms with E-state index in [4.69, 9.17) is 5.26 Å². The molecule has 24 heavy (non-hydrogen) atoms. The maximum absolute atomic E-state index is 13.2. The lowest BCUT2D eigenvalue weighted by molar-refractivity contribution is -0.115. The average molecular weight is 341 g/mol. The molecule has 7 heteroatoms. The fourth-order valence-electron chi connectivity index (χ4n) is 2.65. The molecule has 1 aliphatic heterocycles. The Hall–Kier alpha value is -2.85. The molecule has 0 spiro atoms. The summed E-state index contributed by atoms with van der Waals surface area (Å²) in [5.41, 5.74) is 1.70. The van der Waals surface area contributed by atoms with E-state index >= 15 is 0 Å². The predicted molar refractivity (Wildman–Crippen MR) is 90.1 cm³/mol. The number of aryl methyl sites for hydroxylation is 1. The van der Waals surface area contributed by atoms with Crippen molar-refractivity contribution in [3.8, 4) is 6.07 Å².